The molecule has 0 unspecified atom stereocenters. The van der Waals surface area contributed by atoms with E-state index in [-0.39, 0.29) is 18.3 Å². The van der Waals surface area contributed by atoms with Gasteiger partial charge in [-0.3, -0.25) is 9.48 Å². The Morgan fingerprint density at radius 2 is 1.97 bits per heavy atom. The van der Waals surface area contributed by atoms with Crippen LogP contribution in [0.3, 0.4) is 0 Å². The van der Waals surface area contributed by atoms with Crippen molar-refractivity contribution in [2.75, 3.05) is 7.05 Å². The number of aryl methyl sites for hydroxylation is 1. The molecule has 148 valence electrons. The highest BCUT2D eigenvalue weighted by Gasteiger charge is 2.19. The molecule has 2 heterocycles. The van der Waals surface area contributed by atoms with Gasteiger partial charge in [0.2, 0.25) is 0 Å². The molecule has 0 fully saturated rings. The van der Waals surface area contributed by atoms with E-state index in [0.29, 0.717) is 12.3 Å². The molecule has 0 N–H and O–H groups in total. The summed E-state index contributed by atoms with van der Waals surface area (Å²) < 4.78 is 14.1. The number of aromatic nitrogens is 2. The largest absolute Gasteiger partial charge is 0.486 e. The van der Waals surface area contributed by atoms with Crippen LogP contribution in [0.1, 0.15) is 22.0 Å². The molecule has 0 saturated heterocycles. The van der Waals surface area contributed by atoms with Gasteiger partial charge in [-0.05, 0) is 51.0 Å². The number of fused-ring (bicyclic) bond motifs is 1. The predicted octanol–water partition coefficient (Wildman–Crippen LogP) is 4.78. The van der Waals surface area contributed by atoms with Gasteiger partial charge < -0.3 is 14.1 Å². The molecule has 0 atom stereocenters. The maximum atomic E-state index is 12.7. The zero-order valence-corrected chi connectivity index (χ0v) is 17.7. The summed E-state index contributed by atoms with van der Waals surface area (Å²) in [6.07, 6.45) is 1.71. The Labute approximate surface area is 176 Å². The lowest BCUT2D eigenvalue weighted by molar-refractivity contribution is 0.0746. The first-order valence-electron chi connectivity index (χ1n) is 9.13. The van der Waals surface area contributed by atoms with Gasteiger partial charge in [-0.2, -0.15) is 5.10 Å². The molecule has 4 aromatic rings. The normalized spacial score (nSPS) is 11.0. The molecule has 6 nitrogen and oxygen atoms in total. The van der Waals surface area contributed by atoms with E-state index in [2.05, 4.69) is 27.1 Å². The molecule has 0 aliphatic heterocycles. The van der Waals surface area contributed by atoms with Crippen molar-refractivity contribution >= 4 is 32.6 Å². The molecule has 0 spiro atoms. The fourth-order valence-corrected chi connectivity index (χ4v) is 3.55. The van der Waals surface area contributed by atoms with E-state index in [1.165, 1.54) is 0 Å². The minimum atomic E-state index is -0.199. The molecular formula is C22H20BrN3O3. The number of carbonyl (C=O) groups is 1. The van der Waals surface area contributed by atoms with Gasteiger partial charge in [0.25, 0.3) is 5.91 Å². The van der Waals surface area contributed by atoms with E-state index in [1.54, 1.807) is 35.0 Å². The van der Waals surface area contributed by atoms with Gasteiger partial charge in [0.05, 0.1) is 22.9 Å². The summed E-state index contributed by atoms with van der Waals surface area (Å²) in [4.78, 5) is 14.3. The van der Waals surface area contributed by atoms with Gasteiger partial charge >= 0.3 is 0 Å². The summed E-state index contributed by atoms with van der Waals surface area (Å²) >= 11 is 3.45. The Morgan fingerprint density at radius 1 is 1.17 bits per heavy atom. The number of hydrogen-bond acceptors (Lipinski definition) is 4. The first-order chi connectivity index (χ1) is 14.0. The smallest absolute Gasteiger partial charge is 0.289 e. The third kappa shape index (κ3) is 4.19. The standard InChI is InChI=1S/C22H20BrN3O3/c1-25(13-20-19(23)12-24-26(20)2)22(27)21-10-9-18(29-21)14-28-17-8-7-15-5-3-4-6-16(15)11-17/h3-12H,13-14H2,1-2H3. The summed E-state index contributed by atoms with van der Waals surface area (Å²) in [5.41, 5.74) is 0.910. The van der Waals surface area contributed by atoms with Crippen LogP contribution in [0.15, 0.2) is 69.7 Å². The number of benzene rings is 2. The van der Waals surface area contributed by atoms with Crippen molar-refractivity contribution in [3.63, 3.8) is 0 Å². The summed E-state index contributed by atoms with van der Waals surface area (Å²) in [5.74, 6) is 1.43. The zero-order chi connectivity index (χ0) is 20.4. The number of nitrogens with zero attached hydrogens (tertiary/aromatic N) is 3. The van der Waals surface area contributed by atoms with Gasteiger partial charge in [0.1, 0.15) is 18.1 Å². The quantitative estimate of drug-likeness (QED) is 0.421. The lowest BCUT2D eigenvalue weighted by Crippen LogP contribution is -2.27. The third-order valence-corrected chi connectivity index (χ3v) is 5.38. The van der Waals surface area contributed by atoms with E-state index in [0.717, 1.165) is 26.7 Å². The van der Waals surface area contributed by atoms with Gasteiger partial charge in [-0.15, -0.1) is 0 Å². The molecular weight excluding hydrogens is 434 g/mol. The summed E-state index contributed by atoms with van der Waals surface area (Å²) in [7, 11) is 3.57. The van der Waals surface area contributed by atoms with Gasteiger partial charge in [0, 0.05) is 14.1 Å². The van der Waals surface area contributed by atoms with Crippen LogP contribution < -0.4 is 4.74 Å². The van der Waals surface area contributed by atoms with Crippen molar-refractivity contribution in [1.82, 2.24) is 14.7 Å². The van der Waals surface area contributed by atoms with Crippen LogP contribution in [-0.2, 0) is 20.2 Å². The minimum Gasteiger partial charge on any atom is -0.486 e. The Hall–Kier alpha value is -3.06. The molecule has 0 saturated carbocycles. The second-order valence-corrected chi connectivity index (χ2v) is 7.64. The lowest BCUT2D eigenvalue weighted by Gasteiger charge is -2.16. The van der Waals surface area contributed by atoms with Crippen molar-refractivity contribution < 1.29 is 13.9 Å². The van der Waals surface area contributed by atoms with Crippen molar-refractivity contribution in [3.05, 3.63) is 82.5 Å². The fourth-order valence-electron chi connectivity index (χ4n) is 3.08. The van der Waals surface area contributed by atoms with E-state index in [4.69, 9.17) is 9.15 Å². The van der Waals surface area contributed by atoms with Gasteiger partial charge in [0.15, 0.2) is 5.76 Å². The number of carbonyl (C=O) groups excluding carboxylic acids is 1. The molecule has 4 rings (SSSR count). The van der Waals surface area contributed by atoms with Crippen LogP contribution in [-0.4, -0.2) is 27.6 Å². The van der Waals surface area contributed by atoms with E-state index < -0.39 is 0 Å². The van der Waals surface area contributed by atoms with Crippen LogP contribution in [0.2, 0.25) is 0 Å². The molecule has 0 radical (unpaired) electrons. The highest BCUT2D eigenvalue weighted by Crippen LogP contribution is 2.22. The summed E-state index contributed by atoms with van der Waals surface area (Å²) in [6, 6.07) is 17.5. The van der Waals surface area contributed by atoms with Crippen LogP contribution >= 0.6 is 15.9 Å². The second kappa shape index (κ2) is 8.13. The monoisotopic (exact) mass is 453 g/mol. The summed E-state index contributed by atoms with van der Waals surface area (Å²) in [6.45, 7) is 0.669. The SMILES string of the molecule is CN(Cc1c(Br)cnn1C)C(=O)c1ccc(COc2ccc3ccccc3c2)o1. The van der Waals surface area contributed by atoms with E-state index in [1.807, 2.05) is 43.4 Å². The highest BCUT2D eigenvalue weighted by atomic mass is 79.9. The second-order valence-electron chi connectivity index (χ2n) is 6.79. The van der Waals surface area contributed by atoms with Crippen LogP contribution in [0, 0.1) is 0 Å². The Balaban J connectivity index is 1.40. The lowest BCUT2D eigenvalue weighted by atomic mass is 10.1. The van der Waals surface area contributed by atoms with Crippen molar-refractivity contribution in [2.24, 2.45) is 7.05 Å². The molecule has 2 aromatic carbocycles. The number of rotatable bonds is 6. The maximum Gasteiger partial charge on any atom is 0.289 e. The van der Waals surface area contributed by atoms with Crippen LogP contribution in [0.4, 0.5) is 0 Å². The van der Waals surface area contributed by atoms with Gasteiger partial charge in [-0.1, -0.05) is 30.3 Å². The van der Waals surface area contributed by atoms with E-state index in [9.17, 15) is 4.79 Å². The Morgan fingerprint density at radius 3 is 2.72 bits per heavy atom. The van der Waals surface area contributed by atoms with Crippen molar-refractivity contribution in [2.45, 2.75) is 13.2 Å². The average Bonchev–Trinajstić information content (AvgIpc) is 3.33. The average molecular weight is 454 g/mol. The molecule has 2 aromatic heterocycles. The number of furan rings is 1. The minimum absolute atomic E-state index is 0.199. The van der Waals surface area contributed by atoms with Gasteiger partial charge in [-0.25, -0.2) is 0 Å². The van der Waals surface area contributed by atoms with Crippen molar-refractivity contribution in [1.29, 1.82) is 0 Å². The number of amides is 1. The number of halogens is 1. The van der Waals surface area contributed by atoms with Crippen molar-refractivity contribution in [3.8, 4) is 5.75 Å². The topological polar surface area (TPSA) is 60.5 Å². The predicted molar refractivity (Wildman–Crippen MR) is 114 cm³/mol. The Kier molecular flexibility index (Phi) is 5.40. The first kappa shape index (κ1) is 19.3. The number of hydrogen-bond donors (Lipinski definition) is 0. The molecule has 29 heavy (non-hydrogen) atoms. The fraction of sp³-hybridized carbons (Fsp3) is 0.182. The molecule has 0 bridgehead atoms. The first-order valence-corrected chi connectivity index (χ1v) is 9.93. The Bertz CT molecular complexity index is 1150. The maximum absolute atomic E-state index is 12.7. The molecule has 0 aliphatic carbocycles. The van der Waals surface area contributed by atoms with Crippen LogP contribution in [0.5, 0.6) is 5.75 Å². The summed E-state index contributed by atoms with van der Waals surface area (Å²) in [5, 5.41) is 6.44. The zero-order valence-electron chi connectivity index (χ0n) is 16.1. The number of ether oxygens (including phenoxy) is 1. The van der Waals surface area contributed by atoms with Crippen LogP contribution in [0.25, 0.3) is 10.8 Å². The van der Waals surface area contributed by atoms with E-state index >= 15 is 0 Å². The third-order valence-electron chi connectivity index (χ3n) is 4.72. The molecule has 7 heteroatoms. The molecule has 1 amide bonds. The molecule has 0 aliphatic rings. The highest BCUT2D eigenvalue weighted by molar-refractivity contribution is 9.10.